The van der Waals surface area contributed by atoms with Gasteiger partial charge in [-0.05, 0) is 46.4 Å². The fourth-order valence-corrected chi connectivity index (χ4v) is 4.46. The number of hydrogen-bond donors (Lipinski definition) is 2. The summed E-state index contributed by atoms with van der Waals surface area (Å²) < 4.78 is 16.1. The summed E-state index contributed by atoms with van der Waals surface area (Å²) in [6.45, 7) is 0.296. The highest BCUT2D eigenvalue weighted by atomic mass is 16.7. The van der Waals surface area contributed by atoms with Gasteiger partial charge in [-0.2, -0.15) is 0 Å². The molecule has 0 fully saturated rings. The SMILES string of the molecule is O=C(NC[C@H](Cc1ccc2c(c1)OCO2)C(=O)O)OCC1c2ccccc2-c2ccccc21. The molecule has 1 amide bonds. The lowest BCUT2D eigenvalue weighted by atomic mass is 9.98. The first-order chi connectivity index (χ1) is 16.1. The highest BCUT2D eigenvalue weighted by molar-refractivity contribution is 5.79. The topological polar surface area (TPSA) is 94.1 Å². The first-order valence-corrected chi connectivity index (χ1v) is 10.8. The Balaban J connectivity index is 1.19. The minimum absolute atomic E-state index is 0.0412. The van der Waals surface area contributed by atoms with Crippen LogP contribution in [0.4, 0.5) is 4.79 Å². The lowest BCUT2D eigenvalue weighted by Gasteiger charge is -2.16. The monoisotopic (exact) mass is 445 g/mol. The van der Waals surface area contributed by atoms with Crippen molar-refractivity contribution in [3.63, 3.8) is 0 Å². The van der Waals surface area contributed by atoms with E-state index in [4.69, 9.17) is 14.2 Å². The molecule has 0 aromatic heterocycles. The number of rotatable bonds is 7. The number of ether oxygens (including phenoxy) is 3. The summed E-state index contributed by atoms with van der Waals surface area (Å²) in [6, 6.07) is 21.5. The Hall–Kier alpha value is -4.00. The van der Waals surface area contributed by atoms with Crippen molar-refractivity contribution in [1.82, 2.24) is 5.32 Å². The average molecular weight is 445 g/mol. The minimum atomic E-state index is -0.994. The molecule has 2 aliphatic rings. The number of alkyl carbamates (subject to hydrolysis) is 1. The van der Waals surface area contributed by atoms with Gasteiger partial charge < -0.3 is 24.6 Å². The van der Waals surface area contributed by atoms with Crippen LogP contribution in [-0.4, -0.2) is 37.1 Å². The first-order valence-electron chi connectivity index (χ1n) is 10.8. The number of carboxylic acids is 1. The van der Waals surface area contributed by atoms with E-state index in [0.29, 0.717) is 11.5 Å². The van der Waals surface area contributed by atoms with E-state index in [0.717, 1.165) is 27.8 Å². The molecule has 168 valence electrons. The molecule has 3 aromatic rings. The number of hydrogen-bond acceptors (Lipinski definition) is 5. The largest absolute Gasteiger partial charge is 0.481 e. The smallest absolute Gasteiger partial charge is 0.407 e. The van der Waals surface area contributed by atoms with Crippen LogP contribution in [0.15, 0.2) is 66.7 Å². The summed E-state index contributed by atoms with van der Waals surface area (Å²) in [5.74, 6) is -0.604. The number of carbonyl (C=O) groups excluding carboxylic acids is 1. The maximum atomic E-state index is 12.4. The fourth-order valence-electron chi connectivity index (χ4n) is 4.46. The van der Waals surface area contributed by atoms with E-state index in [2.05, 4.69) is 17.4 Å². The Morgan fingerprint density at radius 3 is 2.33 bits per heavy atom. The van der Waals surface area contributed by atoms with Crippen LogP contribution in [0, 0.1) is 5.92 Å². The second kappa shape index (κ2) is 8.86. The van der Waals surface area contributed by atoms with E-state index in [9.17, 15) is 14.7 Å². The van der Waals surface area contributed by atoms with E-state index in [1.807, 2.05) is 36.4 Å². The molecule has 2 N–H and O–H groups in total. The molecule has 1 aliphatic carbocycles. The number of fused-ring (bicyclic) bond motifs is 4. The van der Waals surface area contributed by atoms with Gasteiger partial charge in [0.15, 0.2) is 11.5 Å². The van der Waals surface area contributed by atoms with Crippen molar-refractivity contribution in [1.29, 1.82) is 0 Å². The number of nitrogens with one attached hydrogen (secondary N) is 1. The van der Waals surface area contributed by atoms with Crippen molar-refractivity contribution in [3.8, 4) is 22.6 Å². The van der Waals surface area contributed by atoms with Gasteiger partial charge in [0, 0.05) is 12.5 Å². The molecule has 0 saturated heterocycles. The van der Waals surface area contributed by atoms with E-state index >= 15 is 0 Å². The van der Waals surface area contributed by atoms with E-state index in [1.165, 1.54) is 0 Å². The van der Waals surface area contributed by atoms with Crippen molar-refractivity contribution < 1.29 is 28.9 Å². The maximum absolute atomic E-state index is 12.4. The molecule has 3 aromatic carbocycles. The van der Waals surface area contributed by atoms with Crippen LogP contribution in [0.3, 0.4) is 0 Å². The molecule has 1 heterocycles. The van der Waals surface area contributed by atoms with Gasteiger partial charge in [-0.15, -0.1) is 0 Å². The molecule has 5 rings (SSSR count). The predicted octanol–water partition coefficient (Wildman–Crippen LogP) is 4.20. The third-order valence-electron chi connectivity index (χ3n) is 6.10. The van der Waals surface area contributed by atoms with Crippen LogP contribution in [0.25, 0.3) is 11.1 Å². The zero-order valence-corrected chi connectivity index (χ0v) is 17.8. The fraction of sp³-hybridized carbons (Fsp3) is 0.231. The van der Waals surface area contributed by atoms with Crippen molar-refractivity contribution >= 4 is 12.1 Å². The van der Waals surface area contributed by atoms with E-state index in [-0.39, 0.29) is 32.3 Å². The minimum Gasteiger partial charge on any atom is -0.481 e. The van der Waals surface area contributed by atoms with Gasteiger partial charge in [0.2, 0.25) is 6.79 Å². The van der Waals surface area contributed by atoms with E-state index in [1.54, 1.807) is 18.2 Å². The van der Waals surface area contributed by atoms with Gasteiger partial charge in [-0.3, -0.25) is 4.79 Å². The van der Waals surface area contributed by atoms with Crippen molar-refractivity contribution in [2.45, 2.75) is 12.3 Å². The van der Waals surface area contributed by atoms with Crippen LogP contribution in [0.5, 0.6) is 11.5 Å². The highest BCUT2D eigenvalue weighted by Crippen LogP contribution is 2.44. The molecule has 0 spiro atoms. The summed E-state index contributed by atoms with van der Waals surface area (Å²) in [4.78, 5) is 24.1. The second-order valence-corrected chi connectivity index (χ2v) is 8.13. The van der Waals surface area contributed by atoms with Crippen molar-refractivity contribution in [3.05, 3.63) is 83.4 Å². The number of carbonyl (C=O) groups is 2. The van der Waals surface area contributed by atoms with Crippen LogP contribution in [0.2, 0.25) is 0 Å². The number of amides is 1. The summed E-state index contributed by atoms with van der Waals surface area (Å²) in [6.07, 6.45) is -0.385. The molecule has 7 nitrogen and oxygen atoms in total. The predicted molar refractivity (Wildman–Crippen MR) is 120 cm³/mol. The molecular formula is C26H23NO6. The Morgan fingerprint density at radius 1 is 0.970 bits per heavy atom. The molecule has 0 bridgehead atoms. The van der Waals surface area contributed by atoms with E-state index < -0.39 is 18.0 Å². The normalized spacial score (nSPS) is 14.3. The summed E-state index contributed by atoms with van der Waals surface area (Å²) in [5, 5.41) is 12.2. The first kappa shape index (κ1) is 20.9. The summed E-state index contributed by atoms with van der Waals surface area (Å²) >= 11 is 0. The van der Waals surface area contributed by atoms with Gasteiger partial charge in [-0.25, -0.2) is 4.79 Å². The molecule has 1 aliphatic heterocycles. The van der Waals surface area contributed by atoms with Crippen LogP contribution < -0.4 is 14.8 Å². The molecule has 0 unspecified atom stereocenters. The van der Waals surface area contributed by atoms with Gasteiger partial charge in [-0.1, -0.05) is 54.6 Å². The molecule has 0 radical (unpaired) electrons. The van der Waals surface area contributed by atoms with Crippen LogP contribution in [0.1, 0.15) is 22.6 Å². The third kappa shape index (κ3) is 4.22. The standard InChI is InChI=1S/C26H23NO6/c28-25(29)17(11-16-9-10-23-24(12-16)33-15-32-23)13-27-26(30)31-14-22-20-7-3-1-5-18(20)19-6-2-4-8-21(19)22/h1-10,12,17,22H,11,13-15H2,(H,27,30)(H,28,29)/t17-/m0/s1. The zero-order valence-electron chi connectivity index (χ0n) is 17.8. The number of aliphatic carboxylic acids is 1. The Bertz CT molecular complexity index is 1160. The Morgan fingerprint density at radius 2 is 1.64 bits per heavy atom. The van der Waals surface area contributed by atoms with Gasteiger partial charge in [0.25, 0.3) is 0 Å². The lowest BCUT2D eigenvalue weighted by Crippen LogP contribution is -2.35. The summed E-state index contributed by atoms with van der Waals surface area (Å²) in [5.41, 5.74) is 5.34. The second-order valence-electron chi connectivity index (χ2n) is 8.13. The van der Waals surface area contributed by atoms with Crippen molar-refractivity contribution in [2.24, 2.45) is 5.92 Å². The summed E-state index contributed by atoms with van der Waals surface area (Å²) in [7, 11) is 0. The zero-order chi connectivity index (χ0) is 22.8. The molecule has 33 heavy (non-hydrogen) atoms. The molecule has 1 atom stereocenters. The molecular weight excluding hydrogens is 422 g/mol. The third-order valence-corrected chi connectivity index (χ3v) is 6.10. The maximum Gasteiger partial charge on any atom is 0.407 e. The molecule has 7 heteroatoms. The van der Waals surface area contributed by atoms with Gasteiger partial charge in [0.05, 0.1) is 5.92 Å². The van der Waals surface area contributed by atoms with Crippen LogP contribution >= 0.6 is 0 Å². The Kier molecular flexibility index (Phi) is 5.60. The quantitative estimate of drug-likeness (QED) is 0.566. The van der Waals surface area contributed by atoms with Crippen LogP contribution in [-0.2, 0) is 16.0 Å². The number of carboxylic acid groups (broad SMARTS) is 1. The Labute approximate surface area is 190 Å². The van der Waals surface area contributed by atoms with Gasteiger partial charge >= 0.3 is 12.1 Å². The lowest BCUT2D eigenvalue weighted by molar-refractivity contribution is -0.141. The highest BCUT2D eigenvalue weighted by Gasteiger charge is 2.29. The van der Waals surface area contributed by atoms with Crippen molar-refractivity contribution in [2.75, 3.05) is 19.9 Å². The number of benzene rings is 3. The molecule has 0 saturated carbocycles. The van der Waals surface area contributed by atoms with Gasteiger partial charge in [0.1, 0.15) is 6.61 Å². The average Bonchev–Trinajstić information content (AvgIpc) is 3.42.